The molecule has 1 aliphatic carbocycles. The average Bonchev–Trinajstić information content (AvgIpc) is 2.91. The molecule has 0 saturated carbocycles. The summed E-state index contributed by atoms with van der Waals surface area (Å²) < 4.78 is 2.26. The molecule has 0 fully saturated rings. The second kappa shape index (κ2) is 6.15. The molecule has 1 heterocycles. The highest BCUT2D eigenvalue weighted by atomic mass is 15.0. The van der Waals surface area contributed by atoms with E-state index in [1.54, 1.807) is 0 Å². The highest BCUT2D eigenvalue weighted by Crippen LogP contribution is 2.30. The van der Waals surface area contributed by atoms with Crippen molar-refractivity contribution in [2.75, 3.05) is 6.54 Å². The second-order valence-electron chi connectivity index (χ2n) is 5.73. The zero-order chi connectivity index (χ0) is 14.7. The predicted octanol–water partition coefficient (Wildman–Crippen LogP) is 3.39. The molecule has 108 valence electrons. The number of hydrogen-bond acceptors (Lipinski definition) is 2. The third kappa shape index (κ3) is 3.01. The van der Waals surface area contributed by atoms with E-state index in [0.29, 0.717) is 6.04 Å². The van der Waals surface area contributed by atoms with Crippen LogP contribution in [0.1, 0.15) is 48.1 Å². The molecule has 3 rings (SSSR count). The molecule has 0 amide bonds. The Morgan fingerprint density at radius 1 is 1.38 bits per heavy atom. The van der Waals surface area contributed by atoms with Crippen LogP contribution >= 0.6 is 0 Å². The van der Waals surface area contributed by atoms with E-state index in [-0.39, 0.29) is 0 Å². The fourth-order valence-electron chi connectivity index (χ4n) is 3.25. The monoisotopic (exact) mass is 279 g/mol. The lowest BCUT2D eigenvalue weighted by molar-refractivity contribution is 0.473. The SMILES string of the molecule is CCNC1CCCc2cn(Cc3cccc(C#N)c3)cc21. The summed E-state index contributed by atoms with van der Waals surface area (Å²) in [6.07, 6.45) is 8.23. The van der Waals surface area contributed by atoms with Crippen molar-refractivity contribution < 1.29 is 0 Å². The minimum Gasteiger partial charge on any atom is -0.349 e. The quantitative estimate of drug-likeness (QED) is 0.932. The Morgan fingerprint density at radius 2 is 2.29 bits per heavy atom. The van der Waals surface area contributed by atoms with Gasteiger partial charge in [0.2, 0.25) is 0 Å². The fourth-order valence-corrected chi connectivity index (χ4v) is 3.25. The van der Waals surface area contributed by atoms with Gasteiger partial charge in [0.1, 0.15) is 0 Å². The van der Waals surface area contributed by atoms with Crippen LogP contribution in [0.2, 0.25) is 0 Å². The predicted molar refractivity (Wildman–Crippen MR) is 84.0 cm³/mol. The zero-order valence-electron chi connectivity index (χ0n) is 12.5. The maximum Gasteiger partial charge on any atom is 0.0991 e. The first kappa shape index (κ1) is 13.9. The Morgan fingerprint density at radius 3 is 3.10 bits per heavy atom. The number of benzene rings is 1. The number of aromatic nitrogens is 1. The van der Waals surface area contributed by atoms with Gasteiger partial charge in [0.15, 0.2) is 0 Å². The Balaban J connectivity index is 1.82. The summed E-state index contributed by atoms with van der Waals surface area (Å²) in [5.41, 5.74) is 4.85. The zero-order valence-corrected chi connectivity index (χ0v) is 12.5. The van der Waals surface area contributed by atoms with E-state index >= 15 is 0 Å². The maximum absolute atomic E-state index is 8.99. The molecule has 1 aromatic carbocycles. The molecule has 1 aromatic heterocycles. The molecule has 1 N–H and O–H groups in total. The number of aryl methyl sites for hydroxylation is 1. The molecule has 0 radical (unpaired) electrons. The Bertz CT molecular complexity index is 663. The molecule has 1 aliphatic rings. The van der Waals surface area contributed by atoms with Gasteiger partial charge in [-0.3, -0.25) is 0 Å². The first-order chi connectivity index (χ1) is 10.3. The van der Waals surface area contributed by atoms with Crippen LogP contribution in [-0.2, 0) is 13.0 Å². The number of fused-ring (bicyclic) bond motifs is 1. The molecule has 3 nitrogen and oxygen atoms in total. The van der Waals surface area contributed by atoms with Crippen LogP contribution < -0.4 is 5.32 Å². The fraction of sp³-hybridized carbons (Fsp3) is 0.389. The number of rotatable bonds is 4. The lowest BCUT2D eigenvalue weighted by atomic mass is 9.91. The number of nitriles is 1. The molecule has 21 heavy (non-hydrogen) atoms. The van der Waals surface area contributed by atoms with E-state index in [0.717, 1.165) is 18.7 Å². The summed E-state index contributed by atoms with van der Waals surface area (Å²) in [6, 6.07) is 10.6. The topological polar surface area (TPSA) is 40.8 Å². The number of nitrogens with zero attached hydrogens (tertiary/aromatic N) is 2. The van der Waals surface area contributed by atoms with Crippen molar-refractivity contribution in [3.05, 3.63) is 58.9 Å². The van der Waals surface area contributed by atoms with Crippen LogP contribution in [0.4, 0.5) is 0 Å². The second-order valence-corrected chi connectivity index (χ2v) is 5.73. The summed E-state index contributed by atoms with van der Waals surface area (Å²) in [6.45, 7) is 4.01. The minimum atomic E-state index is 0.505. The van der Waals surface area contributed by atoms with Gasteiger partial charge in [-0.25, -0.2) is 0 Å². The summed E-state index contributed by atoms with van der Waals surface area (Å²) in [5.74, 6) is 0. The van der Waals surface area contributed by atoms with Crippen LogP contribution in [-0.4, -0.2) is 11.1 Å². The van der Waals surface area contributed by atoms with E-state index in [2.05, 4.69) is 41.3 Å². The highest BCUT2D eigenvalue weighted by Gasteiger charge is 2.21. The normalized spacial score (nSPS) is 17.2. The van der Waals surface area contributed by atoms with E-state index < -0.39 is 0 Å². The van der Waals surface area contributed by atoms with Crippen molar-refractivity contribution in [1.82, 2.24) is 9.88 Å². The minimum absolute atomic E-state index is 0.505. The Hall–Kier alpha value is -2.05. The molecule has 0 bridgehead atoms. The van der Waals surface area contributed by atoms with Crippen molar-refractivity contribution >= 4 is 0 Å². The lowest BCUT2D eigenvalue weighted by Gasteiger charge is -2.22. The molecular formula is C18H21N3. The van der Waals surface area contributed by atoms with E-state index in [9.17, 15) is 0 Å². The Labute approximate surface area is 126 Å². The molecule has 0 saturated heterocycles. The third-order valence-corrected chi connectivity index (χ3v) is 4.18. The van der Waals surface area contributed by atoms with Crippen LogP contribution in [0.3, 0.4) is 0 Å². The molecule has 2 aromatic rings. The smallest absolute Gasteiger partial charge is 0.0991 e. The summed E-state index contributed by atoms with van der Waals surface area (Å²) in [7, 11) is 0. The third-order valence-electron chi connectivity index (χ3n) is 4.18. The summed E-state index contributed by atoms with van der Waals surface area (Å²) in [5, 5.41) is 12.6. The van der Waals surface area contributed by atoms with Gasteiger partial charge in [-0.15, -0.1) is 0 Å². The average molecular weight is 279 g/mol. The standard InChI is InChI=1S/C18H21N3/c1-2-20-18-8-4-7-16-12-21(13-17(16)18)11-15-6-3-5-14(9-15)10-19/h3,5-6,9,12-13,18,20H,2,4,7-8,11H2,1H3. The molecule has 3 heteroatoms. The van der Waals surface area contributed by atoms with E-state index in [4.69, 9.17) is 5.26 Å². The van der Waals surface area contributed by atoms with Gasteiger partial charge < -0.3 is 9.88 Å². The largest absolute Gasteiger partial charge is 0.349 e. The molecule has 0 aliphatic heterocycles. The van der Waals surface area contributed by atoms with Gasteiger partial charge in [0.05, 0.1) is 11.6 Å². The molecule has 1 atom stereocenters. The van der Waals surface area contributed by atoms with Crippen LogP contribution in [0.15, 0.2) is 36.7 Å². The van der Waals surface area contributed by atoms with Gasteiger partial charge in [-0.05, 0) is 54.6 Å². The number of hydrogen-bond donors (Lipinski definition) is 1. The van der Waals surface area contributed by atoms with Crippen molar-refractivity contribution in [2.45, 2.75) is 38.8 Å². The Kier molecular flexibility index (Phi) is 4.08. The molecular weight excluding hydrogens is 258 g/mol. The van der Waals surface area contributed by atoms with Gasteiger partial charge in [-0.2, -0.15) is 5.26 Å². The van der Waals surface area contributed by atoms with Gasteiger partial charge in [0, 0.05) is 25.0 Å². The lowest BCUT2D eigenvalue weighted by Crippen LogP contribution is -2.23. The summed E-state index contributed by atoms with van der Waals surface area (Å²) in [4.78, 5) is 0. The van der Waals surface area contributed by atoms with Crippen LogP contribution in [0.25, 0.3) is 0 Å². The first-order valence-corrected chi connectivity index (χ1v) is 7.71. The van der Waals surface area contributed by atoms with Crippen molar-refractivity contribution in [1.29, 1.82) is 5.26 Å². The maximum atomic E-state index is 8.99. The highest BCUT2D eigenvalue weighted by molar-refractivity contribution is 5.34. The van der Waals surface area contributed by atoms with E-state index in [1.807, 2.05) is 18.2 Å². The number of nitrogens with one attached hydrogen (secondary N) is 1. The van der Waals surface area contributed by atoms with Crippen molar-refractivity contribution in [2.24, 2.45) is 0 Å². The van der Waals surface area contributed by atoms with E-state index in [1.165, 1.54) is 36.0 Å². The van der Waals surface area contributed by atoms with Crippen LogP contribution in [0.5, 0.6) is 0 Å². The molecule has 0 spiro atoms. The summed E-state index contributed by atoms with van der Waals surface area (Å²) >= 11 is 0. The first-order valence-electron chi connectivity index (χ1n) is 7.71. The van der Waals surface area contributed by atoms with Gasteiger partial charge >= 0.3 is 0 Å². The van der Waals surface area contributed by atoms with Crippen LogP contribution in [0, 0.1) is 11.3 Å². The van der Waals surface area contributed by atoms with Crippen molar-refractivity contribution in [3.8, 4) is 6.07 Å². The van der Waals surface area contributed by atoms with Crippen molar-refractivity contribution in [3.63, 3.8) is 0 Å². The molecule has 1 unspecified atom stereocenters. The van der Waals surface area contributed by atoms with Gasteiger partial charge in [0.25, 0.3) is 0 Å². The van der Waals surface area contributed by atoms with Gasteiger partial charge in [-0.1, -0.05) is 19.1 Å².